The van der Waals surface area contributed by atoms with Gasteiger partial charge < -0.3 is 45.2 Å². The van der Waals surface area contributed by atoms with Gasteiger partial charge >= 0.3 is 16.5 Å². The Morgan fingerprint density at radius 2 is 0.633 bits per heavy atom. The molecule has 0 aliphatic carbocycles. The highest BCUT2D eigenvalue weighted by Gasteiger charge is 2.33. The summed E-state index contributed by atoms with van der Waals surface area (Å²) in [6.07, 6.45) is 0. The van der Waals surface area contributed by atoms with E-state index in [9.17, 15) is 5.11 Å². The predicted molar refractivity (Wildman–Crippen MR) is 327 cm³/mol. The Hall–Kier alpha value is -5.92. The summed E-state index contributed by atoms with van der Waals surface area (Å²) < 4.78 is 60.2. The van der Waals surface area contributed by atoms with Gasteiger partial charge in [-0.25, -0.2) is 0 Å². The maximum atomic E-state index is 10.6. The molecule has 0 radical (unpaired) electrons. The topological polar surface area (TPSA) is 119 Å². The molecular weight excluding hydrogens is 1030 g/mol. The van der Waals surface area contributed by atoms with Crippen molar-refractivity contribution in [3.05, 3.63) is 135 Å². The van der Waals surface area contributed by atoms with E-state index in [1.54, 1.807) is 21.3 Å². The van der Waals surface area contributed by atoms with Gasteiger partial charge in [0.05, 0.1) is 27.9 Å². The molecule has 8 aromatic rings. The summed E-state index contributed by atoms with van der Waals surface area (Å²) in [5, 5.41) is 13.9. The molecule has 2 aromatic heterocycles. The number of methoxy groups -OCH3 is 3. The quantitative estimate of drug-likeness (QED) is 0.142. The van der Waals surface area contributed by atoms with E-state index in [2.05, 4.69) is 187 Å². The number of fused-ring (bicyclic) bond motifs is 6. The molecule has 1 unspecified atom stereocenters. The van der Waals surface area contributed by atoms with Crippen LogP contribution < -0.4 is 23.3 Å². The smallest absolute Gasteiger partial charge is 0.453 e. The summed E-state index contributed by atoms with van der Waals surface area (Å²) in [7, 11) is 0.935. The maximum Gasteiger partial charge on any atom is 0.453 e. The van der Waals surface area contributed by atoms with E-state index < -0.39 is 21.9 Å². The molecule has 424 valence electrons. The molecule has 0 saturated heterocycles. The van der Waals surface area contributed by atoms with Gasteiger partial charge in [0.1, 0.15) is 51.1 Å². The summed E-state index contributed by atoms with van der Waals surface area (Å²) in [6.45, 7) is 43.7. The van der Waals surface area contributed by atoms with Crippen molar-refractivity contribution in [1.29, 1.82) is 0 Å². The molecule has 0 amide bonds. The Bertz CT molecular complexity index is 3290. The molecule has 1 atom stereocenters. The number of hydrogen-bond acceptors (Lipinski definition) is 10. The highest BCUT2D eigenvalue weighted by Crippen LogP contribution is 2.51. The van der Waals surface area contributed by atoms with E-state index in [4.69, 9.17) is 40.0 Å². The molecule has 0 aliphatic rings. The molecule has 0 spiro atoms. The minimum absolute atomic E-state index is 0.124. The van der Waals surface area contributed by atoms with Crippen molar-refractivity contribution in [1.82, 2.24) is 0 Å². The van der Waals surface area contributed by atoms with E-state index in [1.807, 2.05) is 36.4 Å². The third kappa shape index (κ3) is 12.0. The van der Waals surface area contributed by atoms with Crippen LogP contribution in [0.2, 0.25) is 0 Å². The van der Waals surface area contributed by atoms with Crippen LogP contribution in [0.25, 0.3) is 43.9 Å². The lowest BCUT2D eigenvalue weighted by molar-refractivity contribution is 0.281. The summed E-state index contributed by atoms with van der Waals surface area (Å²) in [6, 6.07) is 29.3. The van der Waals surface area contributed by atoms with Crippen molar-refractivity contribution in [2.24, 2.45) is 0 Å². The van der Waals surface area contributed by atoms with Crippen LogP contribution in [0, 0.1) is 0 Å². The molecule has 0 aliphatic heterocycles. The van der Waals surface area contributed by atoms with Crippen LogP contribution in [0.1, 0.15) is 189 Å². The summed E-state index contributed by atoms with van der Waals surface area (Å²) in [5.41, 5.74) is 9.11. The molecule has 0 bridgehead atoms. The van der Waals surface area contributed by atoms with Crippen molar-refractivity contribution < 1.29 is 45.2 Å². The molecule has 2 heterocycles. The summed E-state index contributed by atoms with van der Waals surface area (Å²) >= 11 is 0. The first-order chi connectivity index (χ1) is 36.5. The van der Waals surface area contributed by atoms with Crippen LogP contribution in [0.5, 0.6) is 28.7 Å². The SMILES string of the molecule is COc1cc(C(C)(C)C)c2op(Oc3ccc(C(C)(C)c4ccc(Op5oc6c(C(C)(C)C)cc(OC)cc6c6cc(OC)cc(C(C)(C)C)c6o5)c(C(C)(C)C)c4)cc3C(C)(C)C)oc3c(C(C)(C)C)cc(CO)cc3c2c1. The van der Waals surface area contributed by atoms with E-state index in [1.165, 1.54) is 0 Å². The van der Waals surface area contributed by atoms with Crippen LogP contribution in [-0.2, 0) is 44.5 Å². The molecule has 0 saturated carbocycles. The molecule has 12 heteroatoms. The lowest BCUT2D eigenvalue weighted by Gasteiger charge is -2.31. The van der Waals surface area contributed by atoms with E-state index in [-0.39, 0.29) is 39.1 Å². The average Bonchev–Trinajstić information content (AvgIpc) is 3.91. The standard InChI is InChI=1S/C67H86O10P2/c1-61(2,3)49-30-40(24-26-55(49)72-78-74-57-45(28-39(38-68)29-51(57)63(7,8)9)46-32-42(69-21)35-52(58(46)75-78)64(10,11)12)67(19,20)41-25-27-56(50(31-41)62(4,5)6)73-79-76-59-47(33-43(70-22)36-53(59)65(13,14)15)48-34-44(71-23)37-54(60(48)77-79)66(16,17)18/h24-37,68H,38H2,1-23H3. The first-order valence-electron chi connectivity index (χ1n) is 27.4. The zero-order valence-corrected chi connectivity index (χ0v) is 53.1. The minimum atomic E-state index is -2.07. The summed E-state index contributed by atoms with van der Waals surface area (Å²) in [5.74, 6) is 3.51. The Morgan fingerprint density at radius 3 is 0.899 bits per heavy atom. The van der Waals surface area contributed by atoms with E-state index in [0.29, 0.717) is 39.6 Å². The van der Waals surface area contributed by atoms with Crippen LogP contribution in [0.4, 0.5) is 0 Å². The number of aliphatic hydroxyl groups is 1. The maximum absolute atomic E-state index is 10.6. The van der Waals surface area contributed by atoms with Gasteiger partial charge in [-0.3, -0.25) is 0 Å². The van der Waals surface area contributed by atoms with E-state index >= 15 is 0 Å². The molecular formula is C67H86O10P2. The second-order valence-corrected chi connectivity index (χ2v) is 29.9. The minimum Gasteiger partial charge on any atom is -0.497 e. The zero-order valence-electron chi connectivity index (χ0n) is 51.3. The van der Waals surface area contributed by atoms with E-state index in [0.717, 1.165) is 83.1 Å². The second-order valence-electron chi connectivity index (χ2n) is 27.9. The first kappa shape index (κ1) is 59.2. The second kappa shape index (κ2) is 20.9. The Morgan fingerprint density at radius 1 is 0.354 bits per heavy atom. The molecule has 79 heavy (non-hydrogen) atoms. The lowest BCUT2D eigenvalue weighted by atomic mass is 9.73. The fourth-order valence-corrected chi connectivity index (χ4v) is 12.5. The van der Waals surface area contributed by atoms with Crippen molar-refractivity contribution >= 4 is 60.4 Å². The third-order valence-corrected chi connectivity index (χ3v) is 17.1. The molecule has 6 aromatic carbocycles. The highest BCUT2D eigenvalue weighted by molar-refractivity contribution is 7.32. The number of benzene rings is 6. The zero-order chi connectivity index (χ0) is 58.3. The van der Waals surface area contributed by atoms with Crippen LogP contribution in [0.3, 0.4) is 0 Å². The fourth-order valence-electron chi connectivity index (χ4n) is 10.3. The molecule has 1 N–H and O–H groups in total. The van der Waals surface area contributed by atoms with Crippen LogP contribution >= 0.6 is 16.5 Å². The van der Waals surface area contributed by atoms with Crippen molar-refractivity contribution in [3.8, 4) is 28.7 Å². The Kier molecular flexibility index (Phi) is 15.6. The van der Waals surface area contributed by atoms with Gasteiger partial charge in [-0.2, -0.15) is 0 Å². The van der Waals surface area contributed by atoms with Gasteiger partial charge in [-0.15, -0.1) is 0 Å². The first-order valence-corrected chi connectivity index (χ1v) is 29.6. The van der Waals surface area contributed by atoms with Crippen molar-refractivity contribution in [2.75, 3.05) is 21.3 Å². The molecule has 8 rings (SSSR count). The largest absolute Gasteiger partial charge is 0.497 e. The number of hydrogen-bond donors (Lipinski definition) is 1. The monoisotopic (exact) mass is 1110 g/mol. The average molecular weight is 1110 g/mol. The number of aliphatic hydroxyl groups excluding tert-OH is 1. The highest BCUT2D eigenvalue weighted by atomic mass is 31.1. The third-order valence-electron chi connectivity index (χ3n) is 15.1. The normalized spacial score (nSPS) is 13.3. The Labute approximate surface area is 471 Å². The number of ether oxygens (including phenoxy) is 3. The molecule has 10 nitrogen and oxygen atoms in total. The van der Waals surface area contributed by atoms with Gasteiger partial charge in [-0.1, -0.05) is 163 Å². The fraction of sp³-hybridized carbons (Fsp3) is 0.463. The van der Waals surface area contributed by atoms with Crippen molar-refractivity contribution in [3.63, 3.8) is 0 Å². The molecule has 0 fully saturated rings. The van der Waals surface area contributed by atoms with Crippen molar-refractivity contribution in [2.45, 2.75) is 183 Å². The van der Waals surface area contributed by atoms with Gasteiger partial charge in [-0.05, 0) is 110 Å². The van der Waals surface area contributed by atoms with Gasteiger partial charge in [0, 0.05) is 60.3 Å². The van der Waals surface area contributed by atoms with Gasteiger partial charge in [0.25, 0.3) is 0 Å². The Balaban J connectivity index is 1.29. The predicted octanol–water partition coefficient (Wildman–Crippen LogP) is 20.2. The lowest BCUT2D eigenvalue weighted by Crippen LogP contribution is -2.22. The van der Waals surface area contributed by atoms with Gasteiger partial charge in [0.2, 0.25) is 0 Å². The van der Waals surface area contributed by atoms with Gasteiger partial charge in [0.15, 0.2) is 0 Å². The van der Waals surface area contributed by atoms with Crippen LogP contribution in [-0.4, -0.2) is 26.4 Å². The number of rotatable bonds is 10. The van der Waals surface area contributed by atoms with Crippen LogP contribution in [0.15, 0.2) is 102 Å². The summed E-state index contributed by atoms with van der Waals surface area (Å²) in [4.78, 5) is 0.